The third-order valence-electron chi connectivity index (χ3n) is 3.32. The van der Waals surface area contributed by atoms with Gasteiger partial charge < -0.3 is 4.74 Å². The highest BCUT2D eigenvalue weighted by Crippen LogP contribution is 2.36. The van der Waals surface area contributed by atoms with Crippen LogP contribution >= 0.6 is 46.4 Å². The zero-order chi connectivity index (χ0) is 20.4. The van der Waals surface area contributed by atoms with Crippen molar-refractivity contribution in [2.75, 3.05) is 10.8 Å². The molecule has 0 unspecified atom stereocenters. The molecule has 0 saturated heterocycles. The molecule has 0 spiro atoms. The molecule has 10 heteroatoms. The first-order valence-electron chi connectivity index (χ1n) is 7.65. The molecule has 0 aliphatic carbocycles. The van der Waals surface area contributed by atoms with E-state index in [4.69, 9.17) is 51.1 Å². The number of carbonyl (C=O) groups is 1. The monoisotopic (exact) mass is 469 g/mol. The van der Waals surface area contributed by atoms with E-state index in [1.54, 1.807) is 13.8 Å². The average Bonchev–Trinajstić information content (AvgIpc) is 2.57. The molecule has 146 valence electrons. The zero-order valence-electron chi connectivity index (χ0n) is 14.2. The van der Waals surface area contributed by atoms with Gasteiger partial charge in [-0.25, -0.2) is 8.42 Å². The van der Waals surface area contributed by atoms with E-state index >= 15 is 0 Å². The van der Waals surface area contributed by atoms with E-state index in [9.17, 15) is 13.2 Å². The Morgan fingerprint density at radius 3 is 2.30 bits per heavy atom. The fourth-order valence-corrected chi connectivity index (χ4v) is 4.42. The summed E-state index contributed by atoms with van der Waals surface area (Å²) in [6.45, 7) is 2.71. The van der Waals surface area contributed by atoms with Gasteiger partial charge in [0.15, 0.2) is 0 Å². The molecule has 0 bridgehead atoms. The summed E-state index contributed by atoms with van der Waals surface area (Å²) >= 11 is 24.0. The van der Waals surface area contributed by atoms with Crippen LogP contribution in [0.3, 0.4) is 0 Å². The quantitative estimate of drug-likeness (QED) is 0.526. The number of hydrogen-bond acceptors (Lipinski definition) is 4. The van der Waals surface area contributed by atoms with Gasteiger partial charge in [0.05, 0.1) is 36.8 Å². The molecular weight excluding hydrogens is 456 g/mol. The topological polar surface area (TPSA) is 63.7 Å². The fourth-order valence-electron chi connectivity index (χ4n) is 2.17. The number of carbonyl (C=O) groups excluding carboxylic acids is 1. The van der Waals surface area contributed by atoms with Crippen molar-refractivity contribution in [3.63, 3.8) is 0 Å². The molecule has 0 fully saturated rings. The van der Waals surface area contributed by atoms with Crippen LogP contribution in [0.1, 0.15) is 13.8 Å². The van der Waals surface area contributed by atoms with Gasteiger partial charge in [0.1, 0.15) is 6.54 Å². The number of halogens is 4. The third-order valence-corrected chi connectivity index (χ3v) is 6.62. The Bertz CT molecular complexity index is 963. The van der Waals surface area contributed by atoms with Crippen molar-refractivity contribution in [2.24, 2.45) is 0 Å². The summed E-state index contributed by atoms with van der Waals surface area (Å²) in [6.07, 6.45) is -0.415. The van der Waals surface area contributed by atoms with E-state index in [0.29, 0.717) is 0 Å². The molecular formula is C17H15Cl4NO4S. The highest BCUT2D eigenvalue weighted by molar-refractivity contribution is 7.92. The summed E-state index contributed by atoms with van der Waals surface area (Å²) in [6, 6.07) is 8.28. The van der Waals surface area contributed by atoms with Gasteiger partial charge in [-0.1, -0.05) is 52.5 Å². The van der Waals surface area contributed by atoms with E-state index < -0.39 is 28.6 Å². The SMILES string of the molecule is CC(C)OC(=O)CN(c1cccc(Cl)c1Cl)S(=O)(=O)c1ccc(Cl)c(Cl)c1. The fraction of sp³-hybridized carbons (Fsp3) is 0.235. The van der Waals surface area contributed by atoms with Gasteiger partial charge >= 0.3 is 5.97 Å². The van der Waals surface area contributed by atoms with Gasteiger partial charge in [-0.05, 0) is 44.2 Å². The van der Waals surface area contributed by atoms with Crippen molar-refractivity contribution in [3.05, 3.63) is 56.5 Å². The largest absolute Gasteiger partial charge is 0.462 e. The predicted octanol–water partition coefficient (Wildman–Crippen LogP) is 5.45. The van der Waals surface area contributed by atoms with Crippen LogP contribution in [0.2, 0.25) is 20.1 Å². The number of benzene rings is 2. The number of nitrogens with zero attached hydrogens (tertiary/aromatic N) is 1. The van der Waals surface area contributed by atoms with E-state index in [0.717, 1.165) is 4.31 Å². The number of sulfonamides is 1. The molecule has 0 aliphatic rings. The summed E-state index contributed by atoms with van der Waals surface area (Å²) in [7, 11) is -4.22. The van der Waals surface area contributed by atoms with Gasteiger partial charge in [0, 0.05) is 0 Å². The van der Waals surface area contributed by atoms with Crippen LogP contribution in [0.4, 0.5) is 5.69 Å². The lowest BCUT2D eigenvalue weighted by molar-refractivity contribution is -0.145. The van der Waals surface area contributed by atoms with Crippen molar-refractivity contribution >= 4 is 68.1 Å². The van der Waals surface area contributed by atoms with E-state index in [-0.39, 0.29) is 30.7 Å². The minimum absolute atomic E-state index is 0.0138. The van der Waals surface area contributed by atoms with Crippen LogP contribution in [-0.2, 0) is 19.6 Å². The molecule has 5 nitrogen and oxygen atoms in total. The summed E-state index contributed by atoms with van der Waals surface area (Å²) in [5.74, 6) is -0.746. The molecule has 0 atom stereocenters. The first-order chi connectivity index (χ1) is 12.5. The number of esters is 1. The van der Waals surface area contributed by atoms with Crippen molar-refractivity contribution in [1.82, 2.24) is 0 Å². The Hall–Kier alpha value is -1.18. The van der Waals surface area contributed by atoms with E-state index in [2.05, 4.69) is 0 Å². The molecule has 0 amide bonds. The van der Waals surface area contributed by atoms with Crippen LogP contribution in [0.5, 0.6) is 0 Å². The van der Waals surface area contributed by atoms with E-state index in [1.807, 2.05) is 0 Å². The Labute approximate surface area is 177 Å². The molecule has 2 aromatic rings. The standard InChI is InChI=1S/C17H15Cl4NO4S/c1-10(2)26-16(23)9-22(15-5-3-4-13(19)17(15)21)27(24,25)11-6-7-12(18)14(20)8-11/h3-8,10H,9H2,1-2H3. The first-order valence-corrected chi connectivity index (χ1v) is 10.6. The van der Waals surface area contributed by atoms with E-state index in [1.165, 1.54) is 36.4 Å². The molecule has 27 heavy (non-hydrogen) atoms. The lowest BCUT2D eigenvalue weighted by atomic mass is 10.3. The minimum atomic E-state index is -4.22. The Balaban J connectivity index is 2.58. The van der Waals surface area contributed by atoms with Crippen molar-refractivity contribution < 1.29 is 17.9 Å². The molecule has 0 N–H and O–H groups in total. The maximum Gasteiger partial charge on any atom is 0.327 e. The number of hydrogen-bond donors (Lipinski definition) is 0. The van der Waals surface area contributed by atoms with Gasteiger partial charge in [0.25, 0.3) is 10.0 Å². The summed E-state index contributed by atoms with van der Waals surface area (Å²) in [4.78, 5) is 12.0. The van der Waals surface area contributed by atoms with Gasteiger partial charge in [-0.3, -0.25) is 9.10 Å². The molecule has 0 aliphatic heterocycles. The Kier molecular flexibility index (Phi) is 7.27. The van der Waals surface area contributed by atoms with Gasteiger partial charge in [-0.15, -0.1) is 0 Å². The molecule has 0 radical (unpaired) electrons. The van der Waals surface area contributed by atoms with Crippen LogP contribution < -0.4 is 4.31 Å². The summed E-state index contributed by atoms with van der Waals surface area (Å²) < 4.78 is 32.3. The Morgan fingerprint density at radius 1 is 1.04 bits per heavy atom. The third kappa shape index (κ3) is 5.21. The van der Waals surface area contributed by atoms with Crippen LogP contribution in [-0.4, -0.2) is 27.0 Å². The molecule has 2 aromatic carbocycles. The molecule has 0 heterocycles. The number of anilines is 1. The molecule has 0 saturated carbocycles. The van der Waals surface area contributed by atoms with Crippen molar-refractivity contribution in [3.8, 4) is 0 Å². The second kappa shape index (κ2) is 8.88. The number of rotatable bonds is 6. The summed E-state index contributed by atoms with van der Waals surface area (Å²) in [5, 5.41) is 0.377. The highest BCUT2D eigenvalue weighted by atomic mass is 35.5. The summed E-state index contributed by atoms with van der Waals surface area (Å²) in [5.41, 5.74) is 0.0379. The Morgan fingerprint density at radius 2 is 1.70 bits per heavy atom. The second-order valence-corrected chi connectivity index (χ2v) is 9.16. The normalized spacial score (nSPS) is 11.5. The maximum atomic E-state index is 13.2. The van der Waals surface area contributed by atoms with Crippen molar-refractivity contribution in [2.45, 2.75) is 24.8 Å². The lowest BCUT2D eigenvalue weighted by Gasteiger charge is -2.25. The predicted molar refractivity (Wildman–Crippen MR) is 109 cm³/mol. The molecule has 2 rings (SSSR count). The van der Waals surface area contributed by atoms with Gasteiger partial charge in [0.2, 0.25) is 0 Å². The van der Waals surface area contributed by atoms with Crippen LogP contribution in [0, 0.1) is 0 Å². The first kappa shape index (κ1) is 22.1. The minimum Gasteiger partial charge on any atom is -0.462 e. The average molecular weight is 471 g/mol. The van der Waals surface area contributed by atoms with Crippen molar-refractivity contribution in [1.29, 1.82) is 0 Å². The van der Waals surface area contributed by atoms with Crippen LogP contribution in [0.15, 0.2) is 41.3 Å². The van der Waals surface area contributed by atoms with Gasteiger partial charge in [-0.2, -0.15) is 0 Å². The maximum absolute atomic E-state index is 13.2. The van der Waals surface area contributed by atoms with Crippen LogP contribution in [0.25, 0.3) is 0 Å². The number of ether oxygens (including phenoxy) is 1. The lowest BCUT2D eigenvalue weighted by Crippen LogP contribution is -2.37. The second-order valence-electron chi connectivity index (χ2n) is 5.70. The highest BCUT2D eigenvalue weighted by Gasteiger charge is 2.30. The zero-order valence-corrected chi connectivity index (χ0v) is 18.1. The smallest absolute Gasteiger partial charge is 0.327 e. The molecule has 0 aromatic heterocycles.